The first-order valence-electron chi connectivity index (χ1n) is 6.26. The van der Waals surface area contributed by atoms with E-state index in [1.54, 1.807) is 53.1 Å². The normalized spacial score (nSPS) is 12.0. The second kappa shape index (κ2) is 5.23. The fraction of sp³-hybridized carbons (Fsp3) is 0.214. The van der Waals surface area contributed by atoms with Crippen molar-refractivity contribution in [3.05, 3.63) is 47.4 Å². The predicted octanol–water partition coefficient (Wildman–Crippen LogP) is 3.64. The molecule has 0 aliphatic heterocycles. The Balaban J connectivity index is 1.92. The number of rotatable bonds is 3. The van der Waals surface area contributed by atoms with Crippen LogP contribution >= 0.6 is 11.3 Å². The number of benzene rings is 1. The summed E-state index contributed by atoms with van der Waals surface area (Å²) in [4.78, 5) is 0. The minimum Gasteiger partial charge on any atom is -0.266 e. The molecule has 0 bridgehead atoms. The highest BCUT2D eigenvalue weighted by atomic mass is 32.2. The predicted molar refractivity (Wildman–Crippen MR) is 85.2 cm³/mol. The van der Waals surface area contributed by atoms with Crippen LogP contribution in [-0.4, -0.2) is 26.5 Å². The van der Waals surface area contributed by atoms with Crippen molar-refractivity contribution in [1.82, 2.24) is 9.78 Å². The SMILES string of the molecule is CS(C)(=O)=Nc1cnn(Cc2csc3ccc(F)cc23)c1. The molecule has 0 saturated carbocycles. The molecule has 2 aromatic heterocycles. The summed E-state index contributed by atoms with van der Waals surface area (Å²) in [6.07, 6.45) is 6.50. The average molecular weight is 323 g/mol. The van der Waals surface area contributed by atoms with Crippen molar-refractivity contribution >= 4 is 36.8 Å². The highest BCUT2D eigenvalue weighted by Crippen LogP contribution is 2.27. The van der Waals surface area contributed by atoms with Crippen molar-refractivity contribution in [3.8, 4) is 0 Å². The Labute approximate surface area is 126 Å². The van der Waals surface area contributed by atoms with E-state index in [4.69, 9.17) is 0 Å². The van der Waals surface area contributed by atoms with Crippen LogP contribution in [0.1, 0.15) is 5.56 Å². The van der Waals surface area contributed by atoms with Gasteiger partial charge in [0.25, 0.3) is 0 Å². The van der Waals surface area contributed by atoms with Gasteiger partial charge in [0.15, 0.2) is 0 Å². The second-order valence-corrected chi connectivity index (χ2v) is 8.53. The molecule has 2 heterocycles. The molecule has 0 unspecified atom stereocenters. The lowest BCUT2D eigenvalue weighted by Gasteiger charge is -2.00. The van der Waals surface area contributed by atoms with E-state index in [2.05, 4.69) is 9.46 Å². The molecule has 4 nitrogen and oxygen atoms in total. The van der Waals surface area contributed by atoms with Crippen LogP contribution in [0.2, 0.25) is 0 Å². The standard InChI is InChI=1S/C14H14FN3OS2/c1-21(2,19)17-12-6-16-18(8-12)7-10-9-20-14-4-3-11(15)5-13(10)14/h3-6,8-9H,7H2,1-2H3. The summed E-state index contributed by atoms with van der Waals surface area (Å²) in [6, 6.07) is 4.79. The molecular weight excluding hydrogens is 309 g/mol. The molecule has 21 heavy (non-hydrogen) atoms. The fourth-order valence-electron chi connectivity index (χ4n) is 2.09. The Bertz CT molecular complexity index is 911. The lowest BCUT2D eigenvalue weighted by molar-refractivity contribution is 0.629. The minimum absolute atomic E-state index is 0.241. The number of nitrogens with zero attached hydrogens (tertiary/aromatic N) is 3. The van der Waals surface area contributed by atoms with Crippen molar-refractivity contribution in [2.24, 2.45) is 4.36 Å². The number of aromatic nitrogens is 2. The molecule has 0 aliphatic rings. The monoisotopic (exact) mass is 323 g/mol. The van der Waals surface area contributed by atoms with Crippen molar-refractivity contribution < 1.29 is 8.60 Å². The lowest BCUT2D eigenvalue weighted by Crippen LogP contribution is -1.98. The van der Waals surface area contributed by atoms with Crippen LogP contribution in [0.4, 0.5) is 10.1 Å². The Kier molecular flexibility index (Phi) is 3.54. The van der Waals surface area contributed by atoms with E-state index in [0.29, 0.717) is 12.2 Å². The first-order valence-corrected chi connectivity index (χ1v) is 9.47. The average Bonchev–Trinajstić information content (AvgIpc) is 2.96. The Morgan fingerprint density at radius 3 is 3.00 bits per heavy atom. The topological polar surface area (TPSA) is 47.2 Å². The first kappa shape index (κ1) is 14.2. The van der Waals surface area contributed by atoms with Crippen molar-refractivity contribution in [1.29, 1.82) is 0 Å². The van der Waals surface area contributed by atoms with Gasteiger partial charge < -0.3 is 0 Å². The van der Waals surface area contributed by atoms with E-state index >= 15 is 0 Å². The third kappa shape index (κ3) is 3.30. The van der Waals surface area contributed by atoms with E-state index in [0.717, 1.165) is 15.6 Å². The van der Waals surface area contributed by atoms with E-state index in [-0.39, 0.29) is 5.82 Å². The number of hydrogen-bond donors (Lipinski definition) is 0. The van der Waals surface area contributed by atoms with Crippen LogP contribution in [-0.2, 0) is 16.3 Å². The van der Waals surface area contributed by atoms with Crippen LogP contribution in [0.5, 0.6) is 0 Å². The molecule has 110 valence electrons. The zero-order valence-corrected chi connectivity index (χ0v) is 13.2. The molecule has 1 aromatic carbocycles. The molecule has 3 aromatic rings. The van der Waals surface area contributed by atoms with E-state index in [9.17, 15) is 8.60 Å². The van der Waals surface area contributed by atoms with Crippen LogP contribution in [0, 0.1) is 5.82 Å². The summed E-state index contributed by atoms with van der Waals surface area (Å²) in [5.74, 6) is -0.241. The number of thiophene rings is 1. The number of hydrogen-bond acceptors (Lipinski definition) is 4. The minimum atomic E-state index is -2.19. The van der Waals surface area contributed by atoms with Gasteiger partial charge in [0.1, 0.15) is 11.5 Å². The molecule has 0 fully saturated rings. The van der Waals surface area contributed by atoms with Crippen LogP contribution in [0.3, 0.4) is 0 Å². The third-order valence-corrected chi connectivity index (χ3v) is 4.56. The fourth-order valence-corrected chi connectivity index (χ4v) is 3.63. The van der Waals surface area contributed by atoms with Crippen molar-refractivity contribution in [2.45, 2.75) is 6.54 Å². The summed E-state index contributed by atoms with van der Waals surface area (Å²) in [5, 5.41) is 7.12. The third-order valence-electron chi connectivity index (χ3n) is 2.89. The van der Waals surface area contributed by atoms with E-state index in [1.807, 2.05) is 5.38 Å². The lowest BCUT2D eigenvalue weighted by atomic mass is 10.2. The molecule has 0 spiro atoms. The maximum atomic E-state index is 13.4. The van der Waals surface area contributed by atoms with Crippen molar-refractivity contribution in [3.63, 3.8) is 0 Å². The first-order chi connectivity index (χ1) is 9.90. The highest BCUT2D eigenvalue weighted by Gasteiger charge is 2.07. The van der Waals surface area contributed by atoms with Gasteiger partial charge in [-0.3, -0.25) is 4.68 Å². The second-order valence-electron chi connectivity index (χ2n) is 5.07. The Morgan fingerprint density at radius 2 is 2.24 bits per heavy atom. The number of fused-ring (bicyclic) bond motifs is 1. The summed E-state index contributed by atoms with van der Waals surface area (Å²) in [5.41, 5.74) is 1.61. The molecule has 0 radical (unpaired) electrons. The highest BCUT2D eigenvalue weighted by molar-refractivity contribution is 7.92. The van der Waals surface area contributed by atoms with Gasteiger partial charge in [0.2, 0.25) is 0 Å². The molecule has 0 atom stereocenters. The van der Waals surface area contributed by atoms with Crippen LogP contribution in [0.15, 0.2) is 40.3 Å². The van der Waals surface area contributed by atoms with Gasteiger partial charge in [0, 0.05) is 32.3 Å². The molecule has 3 rings (SSSR count). The van der Waals surface area contributed by atoms with Crippen LogP contribution in [0.25, 0.3) is 10.1 Å². The summed E-state index contributed by atoms with van der Waals surface area (Å²) < 4.78 is 31.9. The smallest absolute Gasteiger partial charge is 0.123 e. The van der Waals surface area contributed by atoms with Gasteiger partial charge in [-0.05, 0) is 29.1 Å². The zero-order valence-electron chi connectivity index (χ0n) is 11.6. The summed E-state index contributed by atoms with van der Waals surface area (Å²) in [6.45, 7) is 0.535. The number of halogens is 1. The largest absolute Gasteiger partial charge is 0.266 e. The van der Waals surface area contributed by atoms with E-state index < -0.39 is 9.73 Å². The van der Waals surface area contributed by atoms with Gasteiger partial charge in [-0.1, -0.05) is 0 Å². The Hall–Kier alpha value is -1.73. The van der Waals surface area contributed by atoms with Crippen LogP contribution < -0.4 is 0 Å². The summed E-state index contributed by atoms with van der Waals surface area (Å²) in [7, 11) is -2.19. The van der Waals surface area contributed by atoms with Gasteiger partial charge >= 0.3 is 0 Å². The van der Waals surface area contributed by atoms with Gasteiger partial charge in [-0.15, -0.1) is 11.3 Å². The maximum Gasteiger partial charge on any atom is 0.123 e. The Morgan fingerprint density at radius 1 is 1.43 bits per heavy atom. The van der Waals surface area contributed by atoms with Crippen molar-refractivity contribution in [2.75, 3.05) is 12.5 Å². The molecule has 0 N–H and O–H groups in total. The van der Waals surface area contributed by atoms with E-state index in [1.165, 1.54) is 6.07 Å². The van der Waals surface area contributed by atoms with Gasteiger partial charge in [-0.2, -0.15) is 9.46 Å². The molecule has 0 amide bonds. The van der Waals surface area contributed by atoms with Gasteiger partial charge in [-0.25, -0.2) is 8.60 Å². The maximum absolute atomic E-state index is 13.4. The molecule has 7 heteroatoms. The molecular formula is C14H14FN3OS2. The molecule has 0 aliphatic carbocycles. The van der Waals surface area contributed by atoms with Gasteiger partial charge in [0.05, 0.1) is 18.9 Å². The quantitative estimate of drug-likeness (QED) is 0.739. The zero-order chi connectivity index (χ0) is 15.0. The molecule has 0 saturated heterocycles. The summed E-state index contributed by atoms with van der Waals surface area (Å²) >= 11 is 1.58.